The van der Waals surface area contributed by atoms with Crippen LogP contribution in [0.4, 0.5) is 15.8 Å². The molecule has 2 fully saturated rings. The molecule has 2 saturated heterocycles. The lowest BCUT2D eigenvalue weighted by atomic mass is 10.2. The molecule has 0 bridgehead atoms. The van der Waals surface area contributed by atoms with Crippen molar-refractivity contribution in [2.24, 2.45) is 5.11 Å². The van der Waals surface area contributed by atoms with E-state index in [4.69, 9.17) is 10.3 Å². The highest BCUT2D eigenvalue weighted by Crippen LogP contribution is 2.26. The van der Waals surface area contributed by atoms with Crippen molar-refractivity contribution in [1.29, 1.82) is 0 Å². The highest BCUT2D eigenvalue weighted by molar-refractivity contribution is 5.83. The van der Waals surface area contributed by atoms with Crippen LogP contribution in [0.1, 0.15) is 0 Å². The van der Waals surface area contributed by atoms with Gasteiger partial charge < -0.3 is 14.5 Å². The van der Waals surface area contributed by atoms with Crippen molar-refractivity contribution >= 4 is 17.3 Å². The zero-order chi connectivity index (χ0) is 14.8. The highest BCUT2D eigenvalue weighted by Gasteiger charge is 2.36. The Kier molecular flexibility index (Phi) is 3.64. The van der Waals surface area contributed by atoms with E-state index in [1.54, 1.807) is 17.0 Å². The molecule has 1 aromatic rings. The van der Waals surface area contributed by atoms with Gasteiger partial charge in [0.25, 0.3) is 5.91 Å². The lowest BCUT2D eigenvalue weighted by Crippen LogP contribution is -2.50. The molecule has 2 heterocycles. The standard InChI is InChI=1S/C13H14FN5O2/c14-10-7-9(16-17-15)1-2-11(10)18-3-5-19(6-4-18)13(20)12-8-21-12/h1-2,7,12H,3-6,8H2. The Balaban J connectivity index is 1.66. The van der Waals surface area contributed by atoms with Crippen molar-refractivity contribution in [3.05, 3.63) is 34.5 Å². The van der Waals surface area contributed by atoms with Crippen LogP contribution in [0, 0.1) is 5.82 Å². The maximum absolute atomic E-state index is 14.0. The second-order valence-electron chi connectivity index (χ2n) is 4.96. The number of epoxide rings is 1. The van der Waals surface area contributed by atoms with Crippen LogP contribution in [0.3, 0.4) is 0 Å². The largest absolute Gasteiger partial charge is 0.366 e. The summed E-state index contributed by atoms with van der Waals surface area (Å²) in [7, 11) is 0. The molecule has 7 nitrogen and oxygen atoms in total. The van der Waals surface area contributed by atoms with E-state index < -0.39 is 5.82 Å². The van der Waals surface area contributed by atoms with Crippen LogP contribution in [-0.4, -0.2) is 49.7 Å². The Hall–Kier alpha value is -2.31. The summed E-state index contributed by atoms with van der Waals surface area (Å²) in [5, 5.41) is 3.37. The van der Waals surface area contributed by atoms with Gasteiger partial charge in [-0.05, 0) is 17.7 Å². The molecule has 110 valence electrons. The van der Waals surface area contributed by atoms with E-state index in [0.29, 0.717) is 38.5 Å². The van der Waals surface area contributed by atoms with E-state index >= 15 is 0 Å². The van der Waals surface area contributed by atoms with E-state index in [-0.39, 0.29) is 17.7 Å². The Bertz CT molecular complexity index is 605. The summed E-state index contributed by atoms with van der Waals surface area (Å²) in [6.45, 7) is 2.74. The summed E-state index contributed by atoms with van der Waals surface area (Å²) in [4.78, 5) is 18.1. The number of azide groups is 1. The fourth-order valence-electron chi connectivity index (χ4n) is 2.43. The molecule has 1 atom stereocenters. The number of carbonyl (C=O) groups is 1. The van der Waals surface area contributed by atoms with Gasteiger partial charge in [-0.15, -0.1) is 0 Å². The summed E-state index contributed by atoms with van der Waals surface area (Å²) < 4.78 is 19.0. The number of benzene rings is 1. The first-order chi connectivity index (χ1) is 10.2. The third kappa shape index (κ3) is 2.91. The van der Waals surface area contributed by atoms with E-state index in [1.165, 1.54) is 6.07 Å². The van der Waals surface area contributed by atoms with E-state index in [1.807, 2.05) is 4.90 Å². The third-order valence-corrected chi connectivity index (χ3v) is 3.63. The van der Waals surface area contributed by atoms with Crippen molar-refractivity contribution in [3.8, 4) is 0 Å². The van der Waals surface area contributed by atoms with Crippen LogP contribution in [0.2, 0.25) is 0 Å². The minimum Gasteiger partial charge on any atom is -0.366 e. The lowest BCUT2D eigenvalue weighted by Gasteiger charge is -2.36. The molecule has 21 heavy (non-hydrogen) atoms. The van der Waals surface area contributed by atoms with E-state index in [0.717, 1.165) is 0 Å². The Morgan fingerprint density at radius 1 is 1.38 bits per heavy atom. The molecule has 2 aliphatic rings. The zero-order valence-corrected chi connectivity index (χ0v) is 11.3. The van der Waals surface area contributed by atoms with Crippen molar-refractivity contribution in [2.45, 2.75) is 6.10 Å². The minimum absolute atomic E-state index is 0.0221. The molecule has 1 aromatic carbocycles. The van der Waals surface area contributed by atoms with E-state index in [9.17, 15) is 9.18 Å². The molecule has 0 radical (unpaired) electrons. The van der Waals surface area contributed by atoms with Crippen LogP contribution in [0.25, 0.3) is 10.4 Å². The highest BCUT2D eigenvalue weighted by atomic mass is 19.1. The third-order valence-electron chi connectivity index (χ3n) is 3.63. The molecular formula is C13H14FN5O2. The summed E-state index contributed by atoms with van der Waals surface area (Å²) in [5.74, 6) is -0.404. The molecule has 0 spiro atoms. The maximum Gasteiger partial charge on any atom is 0.254 e. The van der Waals surface area contributed by atoms with Gasteiger partial charge >= 0.3 is 0 Å². The molecule has 1 amide bonds. The number of anilines is 1. The number of carbonyl (C=O) groups excluding carboxylic acids is 1. The number of ether oxygens (including phenoxy) is 1. The quantitative estimate of drug-likeness (QED) is 0.368. The summed E-state index contributed by atoms with van der Waals surface area (Å²) in [5.41, 5.74) is 9.05. The summed E-state index contributed by atoms with van der Waals surface area (Å²) in [6, 6.07) is 4.39. The van der Waals surface area contributed by atoms with Crippen molar-refractivity contribution < 1.29 is 13.9 Å². The average Bonchev–Trinajstić information content (AvgIpc) is 3.32. The number of hydrogen-bond acceptors (Lipinski definition) is 4. The molecule has 3 rings (SSSR count). The lowest BCUT2D eigenvalue weighted by molar-refractivity contribution is -0.132. The Morgan fingerprint density at radius 2 is 2.10 bits per heavy atom. The fraction of sp³-hybridized carbons (Fsp3) is 0.462. The first kappa shape index (κ1) is 13.7. The van der Waals surface area contributed by atoms with Gasteiger partial charge in [-0.2, -0.15) is 0 Å². The predicted molar refractivity (Wildman–Crippen MR) is 73.7 cm³/mol. The Morgan fingerprint density at radius 3 is 2.67 bits per heavy atom. The average molecular weight is 291 g/mol. The first-order valence-electron chi connectivity index (χ1n) is 6.69. The molecule has 8 heteroatoms. The number of amides is 1. The number of piperazine rings is 1. The van der Waals surface area contributed by atoms with Crippen molar-refractivity contribution in [2.75, 3.05) is 37.7 Å². The van der Waals surface area contributed by atoms with Gasteiger partial charge in [0.05, 0.1) is 12.3 Å². The number of halogens is 1. The molecule has 2 aliphatic heterocycles. The molecule has 0 aromatic heterocycles. The van der Waals surface area contributed by atoms with Crippen molar-refractivity contribution in [1.82, 2.24) is 4.90 Å². The number of rotatable bonds is 3. The smallest absolute Gasteiger partial charge is 0.254 e. The maximum atomic E-state index is 14.0. The van der Waals surface area contributed by atoms with Gasteiger partial charge in [-0.1, -0.05) is 11.2 Å². The van der Waals surface area contributed by atoms with Crippen LogP contribution in [0.5, 0.6) is 0 Å². The SMILES string of the molecule is [N-]=[N+]=Nc1ccc(N2CCN(C(=O)C3CO3)CC2)c(F)c1. The van der Waals surface area contributed by atoms with Crippen LogP contribution in [0.15, 0.2) is 23.3 Å². The number of hydrogen-bond donors (Lipinski definition) is 0. The number of nitrogens with zero attached hydrogens (tertiary/aromatic N) is 5. The molecule has 0 aliphatic carbocycles. The molecule has 1 unspecified atom stereocenters. The van der Waals surface area contributed by atoms with Crippen molar-refractivity contribution in [3.63, 3.8) is 0 Å². The van der Waals surface area contributed by atoms with Gasteiger partial charge in [0, 0.05) is 36.8 Å². The van der Waals surface area contributed by atoms with Gasteiger partial charge in [0.2, 0.25) is 0 Å². The van der Waals surface area contributed by atoms with Gasteiger partial charge in [0.15, 0.2) is 6.10 Å². The van der Waals surface area contributed by atoms with Gasteiger partial charge in [-0.25, -0.2) is 4.39 Å². The topological polar surface area (TPSA) is 84.8 Å². The van der Waals surface area contributed by atoms with Crippen LogP contribution < -0.4 is 4.90 Å². The van der Waals surface area contributed by atoms with Crippen LogP contribution >= 0.6 is 0 Å². The zero-order valence-electron chi connectivity index (χ0n) is 11.3. The van der Waals surface area contributed by atoms with Gasteiger partial charge in [-0.3, -0.25) is 4.79 Å². The monoisotopic (exact) mass is 291 g/mol. The fourth-order valence-corrected chi connectivity index (χ4v) is 2.43. The molecule has 0 N–H and O–H groups in total. The molecule has 0 saturated carbocycles. The predicted octanol–water partition coefficient (Wildman–Crippen LogP) is 1.81. The van der Waals surface area contributed by atoms with Gasteiger partial charge in [0.1, 0.15) is 5.82 Å². The summed E-state index contributed by atoms with van der Waals surface area (Å²) >= 11 is 0. The second kappa shape index (κ2) is 5.59. The molecular weight excluding hydrogens is 277 g/mol. The summed E-state index contributed by atoms with van der Waals surface area (Å²) in [6.07, 6.45) is -0.267. The first-order valence-corrected chi connectivity index (χ1v) is 6.69. The normalized spacial score (nSPS) is 20.9. The van der Waals surface area contributed by atoms with E-state index in [2.05, 4.69) is 10.0 Å². The second-order valence-corrected chi connectivity index (χ2v) is 4.96. The Labute approximate surface area is 120 Å². The van der Waals surface area contributed by atoms with Crippen LogP contribution in [-0.2, 0) is 9.53 Å². The minimum atomic E-state index is -0.426.